The van der Waals surface area contributed by atoms with Gasteiger partial charge >= 0.3 is 0 Å². The number of nitrogens with zero attached hydrogens (tertiary/aromatic N) is 1. The van der Waals surface area contributed by atoms with Crippen molar-refractivity contribution < 1.29 is 9.53 Å². The molecule has 1 heterocycles. The van der Waals surface area contributed by atoms with Crippen molar-refractivity contribution in [3.63, 3.8) is 0 Å². The van der Waals surface area contributed by atoms with Crippen molar-refractivity contribution in [1.82, 2.24) is 4.98 Å². The van der Waals surface area contributed by atoms with Gasteiger partial charge in [0, 0.05) is 0 Å². The average Bonchev–Trinajstić information content (AvgIpc) is 2.19. The fraction of sp³-hybridized carbons (Fsp3) is 0.400. The summed E-state index contributed by atoms with van der Waals surface area (Å²) in [5, 5.41) is -0.551. The van der Waals surface area contributed by atoms with Crippen LogP contribution in [-0.2, 0) is 0 Å². The van der Waals surface area contributed by atoms with Crippen LogP contribution in [0, 0.1) is 0 Å². The molecule has 0 aliphatic carbocycles. The number of halogens is 1. The van der Waals surface area contributed by atoms with Gasteiger partial charge in [-0.05, 0) is 30.2 Å². The number of unbranched alkanes of at least 4 members (excludes halogenated alkanes) is 1. The molecule has 0 aliphatic rings. The second-order valence-electron chi connectivity index (χ2n) is 2.85. The Labute approximate surface area is 88.1 Å². The molecule has 4 heteroatoms. The van der Waals surface area contributed by atoms with Crippen molar-refractivity contribution in [3.05, 3.63) is 24.0 Å². The maximum atomic E-state index is 10.7. The quantitative estimate of drug-likeness (QED) is 0.558. The predicted octanol–water partition coefficient (Wildman–Crippen LogP) is 2.64. The molecule has 1 aromatic rings. The van der Waals surface area contributed by atoms with E-state index in [0.717, 1.165) is 12.8 Å². The van der Waals surface area contributed by atoms with Crippen molar-refractivity contribution in [2.45, 2.75) is 19.8 Å². The molecule has 0 amide bonds. The number of hydrogen-bond donors (Lipinski definition) is 0. The van der Waals surface area contributed by atoms with E-state index in [4.69, 9.17) is 16.3 Å². The minimum Gasteiger partial charge on any atom is -0.492 e. The Bertz CT molecular complexity index is 297. The van der Waals surface area contributed by atoms with Crippen molar-refractivity contribution in [3.8, 4) is 5.75 Å². The lowest BCUT2D eigenvalue weighted by Gasteiger charge is -2.04. The van der Waals surface area contributed by atoms with Crippen molar-refractivity contribution in [1.29, 1.82) is 0 Å². The lowest BCUT2D eigenvalue weighted by Crippen LogP contribution is -1.98. The Hall–Kier alpha value is -1.09. The van der Waals surface area contributed by atoms with Gasteiger partial charge in [0.2, 0.25) is 0 Å². The van der Waals surface area contributed by atoms with E-state index in [1.807, 2.05) is 0 Å². The first-order chi connectivity index (χ1) is 6.74. The molecule has 0 saturated heterocycles. The molecule has 0 N–H and O–H groups in total. The minimum absolute atomic E-state index is 0.245. The SMILES string of the molecule is CCCCOc1ccc(C(=O)Cl)nc1. The molecule has 0 saturated carbocycles. The zero-order valence-corrected chi connectivity index (χ0v) is 8.75. The van der Waals surface area contributed by atoms with Gasteiger partial charge in [-0.3, -0.25) is 4.79 Å². The molecule has 3 nitrogen and oxygen atoms in total. The van der Waals surface area contributed by atoms with Gasteiger partial charge in [-0.15, -0.1) is 0 Å². The summed E-state index contributed by atoms with van der Waals surface area (Å²) >= 11 is 5.24. The predicted molar refractivity (Wildman–Crippen MR) is 54.8 cm³/mol. The largest absolute Gasteiger partial charge is 0.492 e. The molecule has 14 heavy (non-hydrogen) atoms. The maximum Gasteiger partial charge on any atom is 0.270 e. The Morgan fingerprint density at radius 1 is 1.57 bits per heavy atom. The third-order valence-electron chi connectivity index (χ3n) is 1.70. The summed E-state index contributed by atoms with van der Waals surface area (Å²) < 4.78 is 5.36. The topological polar surface area (TPSA) is 39.2 Å². The van der Waals surface area contributed by atoms with Gasteiger partial charge in [0.1, 0.15) is 11.4 Å². The van der Waals surface area contributed by atoms with E-state index in [-0.39, 0.29) is 5.69 Å². The van der Waals surface area contributed by atoms with Gasteiger partial charge in [0.15, 0.2) is 0 Å². The van der Waals surface area contributed by atoms with E-state index in [0.29, 0.717) is 12.4 Å². The molecule has 0 aromatic carbocycles. The normalized spacial score (nSPS) is 9.86. The highest BCUT2D eigenvalue weighted by atomic mass is 35.5. The van der Waals surface area contributed by atoms with Crippen LogP contribution in [0.5, 0.6) is 5.75 Å². The van der Waals surface area contributed by atoms with E-state index < -0.39 is 5.24 Å². The van der Waals surface area contributed by atoms with Crippen LogP contribution in [0.3, 0.4) is 0 Å². The minimum atomic E-state index is -0.551. The molecule has 0 spiro atoms. The van der Waals surface area contributed by atoms with Gasteiger partial charge in [-0.25, -0.2) is 4.98 Å². The summed E-state index contributed by atoms with van der Waals surface area (Å²) in [6.07, 6.45) is 3.60. The van der Waals surface area contributed by atoms with Crippen molar-refractivity contribution in [2.24, 2.45) is 0 Å². The summed E-state index contributed by atoms with van der Waals surface area (Å²) in [6.45, 7) is 2.77. The number of carbonyl (C=O) groups is 1. The highest BCUT2D eigenvalue weighted by Crippen LogP contribution is 2.10. The first-order valence-corrected chi connectivity index (χ1v) is 4.90. The first kappa shape index (κ1) is 11.0. The maximum absolute atomic E-state index is 10.7. The zero-order chi connectivity index (χ0) is 10.4. The van der Waals surface area contributed by atoms with Crippen molar-refractivity contribution >= 4 is 16.8 Å². The summed E-state index contributed by atoms with van der Waals surface area (Å²) in [7, 11) is 0. The second-order valence-corrected chi connectivity index (χ2v) is 3.20. The summed E-state index contributed by atoms with van der Waals surface area (Å²) in [5.41, 5.74) is 0.245. The molecule has 0 radical (unpaired) electrons. The van der Waals surface area contributed by atoms with Crippen LogP contribution in [0.15, 0.2) is 18.3 Å². The van der Waals surface area contributed by atoms with Crippen LogP contribution in [0.1, 0.15) is 30.3 Å². The molecule has 1 rings (SSSR count). The molecular weight excluding hydrogens is 202 g/mol. The number of aromatic nitrogens is 1. The van der Waals surface area contributed by atoms with Gasteiger partial charge in [-0.2, -0.15) is 0 Å². The molecule has 0 bridgehead atoms. The average molecular weight is 214 g/mol. The number of ether oxygens (including phenoxy) is 1. The van der Waals surface area contributed by atoms with E-state index in [9.17, 15) is 4.79 Å². The van der Waals surface area contributed by atoms with Crippen LogP contribution in [0.25, 0.3) is 0 Å². The van der Waals surface area contributed by atoms with Crippen LogP contribution in [0.2, 0.25) is 0 Å². The fourth-order valence-corrected chi connectivity index (χ4v) is 1.03. The number of carbonyl (C=O) groups excluding carboxylic acids is 1. The molecule has 0 aliphatic heterocycles. The fourth-order valence-electron chi connectivity index (χ4n) is 0.916. The molecule has 1 aromatic heterocycles. The zero-order valence-electron chi connectivity index (χ0n) is 8.00. The summed E-state index contributed by atoms with van der Waals surface area (Å²) in [5.74, 6) is 0.667. The van der Waals surface area contributed by atoms with E-state index in [1.165, 1.54) is 6.20 Å². The van der Waals surface area contributed by atoms with E-state index in [2.05, 4.69) is 11.9 Å². The van der Waals surface area contributed by atoms with Gasteiger partial charge < -0.3 is 4.74 Å². The highest BCUT2D eigenvalue weighted by Gasteiger charge is 2.02. The standard InChI is InChI=1S/C10H12ClNO2/c1-2-3-6-14-8-4-5-9(10(11)13)12-7-8/h4-5,7H,2-3,6H2,1H3. The molecular formula is C10H12ClNO2. The van der Waals surface area contributed by atoms with E-state index >= 15 is 0 Å². The van der Waals surface area contributed by atoms with Crippen LogP contribution >= 0.6 is 11.6 Å². The summed E-state index contributed by atoms with van der Waals surface area (Å²) in [6, 6.07) is 3.24. The van der Waals surface area contributed by atoms with Crippen LogP contribution in [-0.4, -0.2) is 16.8 Å². The lowest BCUT2D eigenvalue weighted by atomic mass is 10.3. The smallest absolute Gasteiger partial charge is 0.270 e. The highest BCUT2D eigenvalue weighted by molar-refractivity contribution is 6.67. The Morgan fingerprint density at radius 2 is 2.36 bits per heavy atom. The Balaban J connectivity index is 2.51. The van der Waals surface area contributed by atoms with Gasteiger partial charge in [-0.1, -0.05) is 13.3 Å². The first-order valence-electron chi connectivity index (χ1n) is 4.52. The Morgan fingerprint density at radius 3 is 2.86 bits per heavy atom. The molecule has 76 valence electrons. The molecule has 0 unspecified atom stereocenters. The van der Waals surface area contributed by atoms with Gasteiger partial charge in [0.05, 0.1) is 12.8 Å². The number of rotatable bonds is 5. The monoisotopic (exact) mass is 213 g/mol. The van der Waals surface area contributed by atoms with Crippen LogP contribution < -0.4 is 4.74 Å². The Kier molecular flexibility index (Phi) is 4.40. The summed E-state index contributed by atoms with van der Waals surface area (Å²) in [4.78, 5) is 14.5. The lowest BCUT2D eigenvalue weighted by molar-refractivity contribution is 0.107. The molecule has 0 atom stereocenters. The molecule has 0 fully saturated rings. The second kappa shape index (κ2) is 5.60. The van der Waals surface area contributed by atoms with Crippen LogP contribution in [0.4, 0.5) is 0 Å². The number of pyridine rings is 1. The number of hydrogen-bond acceptors (Lipinski definition) is 3. The van der Waals surface area contributed by atoms with Gasteiger partial charge in [0.25, 0.3) is 5.24 Å². The van der Waals surface area contributed by atoms with E-state index in [1.54, 1.807) is 12.1 Å². The third-order valence-corrected chi connectivity index (χ3v) is 1.90. The third kappa shape index (κ3) is 3.34. The van der Waals surface area contributed by atoms with Crippen molar-refractivity contribution in [2.75, 3.05) is 6.61 Å².